The second-order valence-corrected chi connectivity index (χ2v) is 3.89. The molecule has 0 aromatic heterocycles. The van der Waals surface area contributed by atoms with Crippen LogP contribution in [0.3, 0.4) is 0 Å². The monoisotopic (exact) mass is 245 g/mol. The summed E-state index contributed by atoms with van der Waals surface area (Å²) in [6.45, 7) is 3.24. The number of carbonyl (C=O) groups is 1. The van der Waals surface area contributed by atoms with E-state index in [1.807, 2.05) is 18.2 Å². The Balaban J connectivity index is 1.93. The second-order valence-electron chi connectivity index (χ2n) is 3.89. The van der Waals surface area contributed by atoms with Crippen molar-refractivity contribution in [3.63, 3.8) is 0 Å². The highest BCUT2D eigenvalue weighted by Gasteiger charge is 2.10. The lowest BCUT2D eigenvalue weighted by Gasteiger charge is -2.17. The third kappa shape index (κ3) is 3.42. The summed E-state index contributed by atoms with van der Waals surface area (Å²) in [5.41, 5.74) is 0.891. The molecule has 1 aliphatic rings. The molecule has 0 unspecified atom stereocenters. The predicted octanol–water partition coefficient (Wildman–Crippen LogP) is 1.34. The summed E-state index contributed by atoms with van der Waals surface area (Å²) in [5.74, 6) is 7.52. The van der Waals surface area contributed by atoms with Crippen LogP contribution in [0, 0.1) is 11.8 Å². The molecule has 0 atom stereocenters. The first-order valence-corrected chi connectivity index (χ1v) is 5.88. The van der Waals surface area contributed by atoms with Crippen molar-refractivity contribution in [3.05, 3.63) is 23.8 Å². The largest absolute Gasteiger partial charge is 0.486 e. The maximum atomic E-state index is 10.6. The van der Waals surface area contributed by atoms with Gasteiger partial charge in [0.1, 0.15) is 13.2 Å². The van der Waals surface area contributed by atoms with Gasteiger partial charge < -0.3 is 14.8 Å². The van der Waals surface area contributed by atoms with Gasteiger partial charge in [0.05, 0.1) is 0 Å². The number of nitrogens with one attached hydrogen (secondary N) is 1. The molecule has 1 aromatic carbocycles. The van der Waals surface area contributed by atoms with Crippen LogP contribution in [0.1, 0.15) is 18.9 Å². The van der Waals surface area contributed by atoms with E-state index < -0.39 is 0 Å². The van der Waals surface area contributed by atoms with Gasteiger partial charge in [-0.25, -0.2) is 0 Å². The van der Waals surface area contributed by atoms with E-state index in [4.69, 9.17) is 9.47 Å². The Morgan fingerprint density at radius 1 is 1.33 bits per heavy atom. The predicted molar refractivity (Wildman–Crippen MR) is 67.6 cm³/mol. The highest BCUT2D eigenvalue weighted by molar-refractivity contribution is 5.72. The van der Waals surface area contributed by atoms with Crippen LogP contribution in [0.15, 0.2) is 18.2 Å². The Bertz CT molecular complexity index is 499. The number of hydrogen-bond acceptors (Lipinski definition) is 3. The number of rotatable bonds is 2. The van der Waals surface area contributed by atoms with E-state index in [9.17, 15) is 4.79 Å². The summed E-state index contributed by atoms with van der Waals surface area (Å²) in [7, 11) is 0. The van der Waals surface area contributed by atoms with Gasteiger partial charge in [0.2, 0.25) is 5.91 Å². The molecule has 1 amide bonds. The molecular formula is C14H15NO3. The number of carbonyl (C=O) groups excluding carboxylic acids is 1. The van der Waals surface area contributed by atoms with Crippen molar-refractivity contribution in [1.29, 1.82) is 0 Å². The van der Waals surface area contributed by atoms with Crippen molar-refractivity contribution in [2.45, 2.75) is 13.3 Å². The standard InChI is InChI=1S/C14H15NO3/c1-11(16)15-7-3-2-4-12-5-6-13-14(10-12)18-9-8-17-13/h5-6,10H,3,7-9H2,1H3,(H,15,16). The van der Waals surface area contributed by atoms with Crippen LogP contribution in [0.4, 0.5) is 0 Å². The zero-order chi connectivity index (χ0) is 12.8. The zero-order valence-corrected chi connectivity index (χ0v) is 10.3. The molecule has 0 radical (unpaired) electrons. The Morgan fingerprint density at radius 2 is 2.11 bits per heavy atom. The van der Waals surface area contributed by atoms with Crippen molar-refractivity contribution in [2.75, 3.05) is 19.8 Å². The van der Waals surface area contributed by atoms with Gasteiger partial charge in [-0.2, -0.15) is 0 Å². The van der Waals surface area contributed by atoms with Gasteiger partial charge in [0, 0.05) is 25.5 Å². The second kappa shape index (κ2) is 5.97. The fourth-order valence-corrected chi connectivity index (χ4v) is 1.59. The van der Waals surface area contributed by atoms with Gasteiger partial charge in [-0.3, -0.25) is 4.79 Å². The van der Waals surface area contributed by atoms with Crippen LogP contribution < -0.4 is 14.8 Å². The lowest BCUT2D eigenvalue weighted by atomic mass is 10.2. The van der Waals surface area contributed by atoms with Crippen LogP contribution in [-0.2, 0) is 4.79 Å². The maximum Gasteiger partial charge on any atom is 0.216 e. The highest BCUT2D eigenvalue weighted by Crippen LogP contribution is 2.30. The number of amides is 1. The molecule has 0 bridgehead atoms. The summed E-state index contributed by atoms with van der Waals surface area (Å²) in [6.07, 6.45) is 0.633. The molecule has 1 aliphatic heterocycles. The van der Waals surface area contributed by atoms with Gasteiger partial charge >= 0.3 is 0 Å². The third-order valence-corrected chi connectivity index (χ3v) is 2.40. The number of ether oxygens (including phenoxy) is 2. The number of fused-ring (bicyclic) bond motifs is 1. The minimum absolute atomic E-state index is 0.0314. The normalized spacial score (nSPS) is 12.3. The SMILES string of the molecule is CC(=O)NCCC#Cc1ccc2c(c1)OCCO2. The van der Waals surface area contributed by atoms with Crippen molar-refractivity contribution in [1.82, 2.24) is 5.32 Å². The summed E-state index contributed by atoms with van der Waals surface area (Å²) in [6, 6.07) is 5.64. The first-order chi connectivity index (χ1) is 8.75. The van der Waals surface area contributed by atoms with Crippen molar-refractivity contribution < 1.29 is 14.3 Å². The summed E-state index contributed by atoms with van der Waals surface area (Å²) in [5, 5.41) is 2.70. The first-order valence-electron chi connectivity index (χ1n) is 5.88. The van der Waals surface area contributed by atoms with Crippen LogP contribution in [0.2, 0.25) is 0 Å². The van der Waals surface area contributed by atoms with Crippen molar-refractivity contribution in [2.24, 2.45) is 0 Å². The van der Waals surface area contributed by atoms with E-state index in [2.05, 4.69) is 17.2 Å². The van der Waals surface area contributed by atoms with Crippen LogP contribution in [0.25, 0.3) is 0 Å². The maximum absolute atomic E-state index is 10.6. The minimum Gasteiger partial charge on any atom is -0.486 e. The third-order valence-electron chi connectivity index (χ3n) is 2.40. The smallest absolute Gasteiger partial charge is 0.216 e. The molecule has 0 fully saturated rings. The van der Waals surface area contributed by atoms with Gasteiger partial charge in [0.15, 0.2) is 11.5 Å². The highest BCUT2D eigenvalue weighted by atomic mass is 16.6. The van der Waals surface area contributed by atoms with E-state index in [0.29, 0.717) is 26.2 Å². The number of benzene rings is 1. The fraction of sp³-hybridized carbons (Fsp3) is 0.357. The summed E-state index contributed by atoms with van der Waals surface area (Å²) in [4.78, 5) is 10.6. The Kier molecular flexibility index (Phi) is 4.08. The van der Waals surface area contributed by atoms with E-state index in [-0.39, 0.29) is 5.91 Å². The lowest BCUT2D eigenvalue weighted by molar-refractivity contribution is -0.118. The quantitative estimate of drug-likeness (QED) is 0.631. The van der Waals surface area contributed by atoms with E-state index in [1.54, 1.807) is 0 Å². The zero-order valence-electron chi connectivity index (χ0n) is 10.3. The molecule has 1 heterocycles. The Morgan fingerprint density at radius 3 is 2.89 bits per heavy atom. The summed E-state index contributed by atoms with van der Waals surface area (Å²) >= 11 is 0. The average molecular weight is 245 g/mol. The molecular weight excluding hydrogens is 230 g/mol. The molecule has 18 heavy (non-hydrogen) atoms. The molecule has 0 saturated heterocycles. The Hall–Kier alpha value is -2.15. The van der Waals surface area contributed by atoms with Crippen LogP contribution in [-0.4, -0.2) is 25.7 Å². The molecule has 0 saturated carbocycles. The molecule has 94 valence electrons. The minimum atomic E-state index is -0.0314. The lowest BCUT2D eigenvalue weighted by Crippen LogP contribution is -2.20. The van der Waals surface area contributed by atoms with Gasteiger partial charge in [-0.1, -0.05) is 11.8 Å². The van der Waals surface area contributed by atoms with Crippen molar-refractivity contribution in [3.8, 4) is 23.3 Å². The molecule has 0 spiro atoms. The molecule has 1 aromatic rings. The summed E-state index contributed by atoms with van der Waals surface area (Å²) < 4.78 is 10.9. The fourth-order valence-electron chi connectivity index (χ4n) is 1.59. The van der Waals surface area contributed by atoms with E-state index in [0.717, 1.165) is 17.1 Å². The Labute approximate surface area is 106 Å². The van der Waals surface area contributed by atoms with E-state index in [1.165, 1.54) is 6.92 Å². The van der Waals surface area contributed by atoms with Gasteiger partial charge in [0.25, 0.3) is 0 Å². The molecule has 0 aliphatic carbocycles. The first kappa shape index (κ1) is 12.3. The number of hydrogen-bond donors (Lipinski definition) is 1. The molecule has 4 nitrogen and oxygen atoms in total. The van der Waals surface area contributed by atoms with Crippen LogP contribution in [0.5, 0.6) is 11.5 Å². The molecule has 1 N–H and O–H groups in total. The molecule has 2 rings (SSSR count). The van der Waals surface area contributed by atoms with E-state index >= 15 is 0 Å². The van der Waals surface area contributed by atoms with Gasteiger partial charge in [-0.05, 0) is 18.2 Å². The topological polar surface area (TPSA) is 47.6 Å². The van der Waals surface area contributed by atoms with Crippen molar-refractivity contribution >= 4 is 5.91 Å². The average Bonchev–Trinajstić information content (AvgIpc) is 2.38. The molecule has 4 heteroatoms. The van der Waals surface area contributed by atoms with Gasteiger partial charge in [-0.15, -0.1) is 0 Å². The van der Waals surface area contributed by atoms with Crippen LogP contribution >= 0.6 is 0 Å².